The van der Waals surface area contributed by atoms with Crippen molar-refractivity contribution in [3.05, 3.63) is 36.0 Å². The number of benzene rings is 1. The van der Waals surface area contributed by atoms with Crippen LogP contribution in [0.3, 0.4) is 0 Å². The lowest BCUT2D eigenvalue weighted by Gasteiger charge is -2.28. The molecule has 0 unspecified atom stereocenters. The van der Waals surface area contributed by atoms with Gasteiger partial charge in [-0.15, -0.1) is 0 Å². The highest BCUT2D eigenvalue weighted by Crippen LogP contribution is 2.20. The van der Waals surface area contributed by atoms with Gasteiger partial charge in [0.25, 0.3) is 5.91 Å². The Morgan fingerprint density at radius 3 is 2.67 bits per heavy atom. The van der Waals surface area contributed by atoms with E-state index in [2.05, 4.69) is 31.1 Å². The molecule has 2 rings (SSSR count). The van der Waals surface area contributed by atoms with Crippen molar-refractivity contribution < 1.29 is 4.79 Å². The summed E-state index contributed by atoms with van der Waals surface area (Å²) in [6.07, 6.45) is 3.72. The smallest absolute Gasteiger partial charge is 0.252 e. The summed E-state index contributed by atoms with van der Waals surface area (Å²) in [5.41, 5.74) is 1.61. The van der Waals surface area contributed by atoms with Gasteiger partial charge in [-0.2, -0.15) is 0 Å². The highest BCUT2D eigenvalue weighted by Gasteiger charge is 2.23. The molecule has 3 nitrogen and oxygen atoms in total. The Balaban J connectivity index is 2.31. The van der Waals surface area contributed by atoms with Crippen molar-refractivity contribution in [2.24, 2.45) is 0 Å². The Labute approximate surface area is 108 Å². The van der Waals surface area contributed by atoms with Gasteiger partial charge in [-0.25, -0.2) is 0 Å². The topological polar surface area (TPSA) is 44.9 Å². The molecule has 0 fully saturated rings. The van der Waals surface area contributed by atoms with Crippen LogP contribution >= 0.6 is 0 Å². The molecule has 1 aromatic heterocycles. The second kappa shape index (κ2) is 4.84. The average Bonchev–Trinajstić information content (AvgIpc) is 2.86. The predicted octanol–water partition coefficient (Wildman–Crippen LogP) is 3.48. The van der Waals surface area contributed by atoms with Gasteiger partial charge in [0.1, 0.15) is 0 Å². The number of rotatable bonds is 4. The Hall–Kier alpha value is -1.77. The molecule has 1 heterocycles. The van der Waals surface area contributed by atoms with Crippen molar-refractivity contribution in [1.82, 2.24) is 10.3 Å². The van der Waals surface area contributed by atoms with Gasteiger partial charge in [-0.3, -0.25) is 4.79 Å². The zero-order valence-corrected chi connectivity index (χ0v) is 11.2. The lowest BCUT2D eigenvalue weighted by molar-refractivity contribution is 0.0903. The third kappa shape index (κ3) is 2.26. The third-order valence-corrected chi connectivity index (χ3v) is 3.82. The Morgan fingerprint density at radius 2 is 2.00 bits per heavy atom. The van der Waals surface area contributed by atoms with Crippen molar-refractivity contribution >= 4 is 16.8 Å². The first-order valence-corrected chi connectivity index (χ1v) is 6.48. The van der Waals surface area contributed by atoms with Gasteiger partial charge < -0.3 is 10.3 Å². The fourth-order valence-corrected chi connectivity index (χ4v) is 2.05. The molecule has 0 saturated carbocycles. The summed E-state index contributed by atoms with van der Waals surface area (Å²) in [5.74, 6) is 0.00593. The molecular weight excluding hydrogens is 224 g/mol. The average molecular weight is 244 g/mol. The van der Waals surface area contributed by atoms with Crippen molar-refractivity contribution in [2.75, 3.05) is 0 Å². The van der Waals surface area contributed by atoms with Crippen LogP contribution in [0.15, 0.2) is 30.5 Å². The maximum atomic E-state index is 12.4. The van der Waals surface area contributed by atoms with Gasteiger partial charge >= 0.3 is 0 Å². The van der Waals surface area contributed by atoms with E-state index in [-0.39, 0.29) is 11.4 Å². The number of aromatic amines is 1. The maximum absolute atomic E-state index is 12.4. The van der Waals surface area contributed by atoms with Crippen LogP contribution in [0.25, 0.3) is 10.9 Å². The lowest BCUT2D eigenvalue weighted by atomic mass is 9.95. The van der Waals surface area contributed by atoms with E-state index in [9.17, 15) is 4.79 Å². The van der Waals surface area contributed by atoms with Gasteiger partial charge in [0.05, 0.1) is 0 Å². The molecule has 96 valence electrons. The molecule has 0 aliphatic carbocycles. The minimum Gasteiger partial charge on any atom is -0.361 e. The van der Waals surface area contributed by atoms with Crippen molar-refractivity contribution in [3.8, 4) is 0 Å². The van der Waals surface area contributed by atoms with Gasteiger partial charge in [0, 0.05) is 28.2 Å². The minimum atomic E-state index is -0.129. The molecule has 18 heavy (non-hydrogen) atoms. The second-order valence-corrected chi connectivity index (χ2v) is 4.97. The first-order valence-electron chi connectivity index (χ1n) is 6.48. The largest absolute Gasteiger partial charge is 0.361 e. The monoisotopic (exact) mass is 244 g/mol. The number of carbonyl (C=O) groups is 1. The zero-order chi connectivity index (χ0) is 13.2. The van der Waals surface area contributed by atoms with Crippen LogP contribution in [0.1, 0.15) is 44.0 Å². The van der Waals surface area contributed by atoms with E-state index in [4.69, 9.17) is 0 Å². The van der Waals surface area contributed by atoms with Crippen LogP contribution < -0.4 is 5.32 Å². The molecule has 2 N–H and O–H groups in total. The number of amides is 1. The van der Waals surface area contributed by atoms with Gasteiger partial charge in [0.2, 0.25) is 0 Å². The zero-order valence-electron chi connectivity index (χ0n) is 11.2. The Kier molecular flexibility index (Phi) is 3.41. The van der Waals surface area contributed by atoms with Gasteiger partial charge in [-0.05, 0) is 38.0 Å². The summed E-state index contributed by atoms with van der Waals surface area (Å²) in [7, 11) is 0. The van der Waals surface area contributed by atoms with Crippen molar-refractivity contribution in [2.45, 2.75) is 39.2 Å². The van der Waals surface area contributed by atoms with Gasteiger partial charge in [-0.1, -0.05) is 19.9 Å². The summed E-state index contributed by atoms with van der Waals surface area (Å²) >= 11 is 0. The second-order valence-electron chi connectivity index (χ2n) is 4.97. The standard InChI is InChI=1S/C15H20N2O/c1-4-15(3,5-2)17-14(18)12-7-6-8-13-11(12)9-10-16-13/h6-10,16H,4-5H2,1-3H3,(H,17,18). The molecule has 0 spiro atoms. The molecule has 0 bridgehead atoms. The Bertz CT molecular complexity index is 552. The van der Waals surface area contributed by atoms with Gasteiger partial charge in [0.15, 0.2) is 0 Å². The van der Waals surface area contributed by atoms with E-state index in [1.165, 1.54) is 0 Å². The fourth-order valence-electron chi connectivity index (χ4n) is 2.05. The summed E-state index contributed by atoms with van der Waals surface area (Å²) in [4.78, 5) is 15.5. The number of hydrogen-bond donors (Lipinski definition) is 2. The van der Waals surface area contributed by atoms with E-state index in [1.807, 2.05) is 30.5 Å². The molecule has 0 radical (unpaired) electrons. The van der Waals surface area contributed by atoms with Crippen LogP contribution in [0.4, 0.5) is 0 Å². The van der Waals surface area contributed by atoms with E-state index < -0.39 is 0 Å². The Morgan fingerprint density at radius 1 is 1.28 bits per heavy atom. The fraction of sp³-hybridized carbons (Fsp3) is 0.400. The summed E-state index contributed by atoms with van der Waals surface area (Å²) in [6.45, 7) is 6.28. The van der Waals surface area contributed by atoms with Crippen molar-refractivity contribution in [1.29, 1.82) is 0 Å². The first-order chi connectivity index (χ1) is 8.59. The SMILES string of the molecule is CCC(C)(CC)NC(=O)c1cccc2[nH]ccc12. The molecule has 0 atom stereocenters. The quantitative estimate of drug-likeness (QED) is 0.849. The van der Waals surface area contributed by atoms with Crippen LogP contribution in [-0.4, -0.2) is 16.4 Å². The highest BCUT2D eigenvalue weighted by atomic mass is 16.1. The molecule has 1 aromatic carbocycles. The minimum absolute atomic E-state index is 0.00593. The summed E-state index contributed by atoms with van der Waals surface area (Å²) in [6, 6.07) is 7.70. The van der Waals surface area contributed by atoms with Crippen LogP contribution in [0.2, 0.25) is 0 Å². The molecule has 3 heteroatoms. The molecule has 2 aromatic rings. The van der Waals surface area contributed by atoms with E-state index in [0.717, 1.165) is 29.3 Å². The molecule has 0 aliphatic rings. The van der Waals surface area contributed by atoms with E-state index in [0.29, 0.717) is 0 Å². The summed E-state index contributed by atoms with van der Waals surface area (Å²) < 4.78 is 0. The molecule has 0 saturated heterocycles. The number of H-pyrrole nitrogens is 1. The highest BCUT2D eigenvalue weighted by molar-refractivity contribution is 6.06. The predicted molar refractivity (Wildman–Crippen MR) is 74.8 cm³/mol. The van der Waals surface area contributed by atoms with Crippen LogP contribution in [0.5, 0.6) is 0 Å². The van der Waals surface area contributed by atoms with Crippen LogP contribution in [-0.2, 0) is 0 Å². The maximum Gasteiger partial charge on any atom is 0.252 e. The number of nitrogens with one attached hydrogen (secondary N) is 2. The molecule has 1 amide bonds. The normalized spacial score (nSPS) is 11.7. The lowest BCUT2D eigenvalue weighted by Crippen LogP contribution is -2.44. The third-order valence-electron chi connectivity index (χ3n) is 3.82. The number of hydrogen-bond acceptors (Lipinski definition) is 1. The van der Waals surface area contributed by atoms with Crippen molar-refractivity contribution in [3.63, 3.8) is 0 Å². The van der Waals surface area contributed by atoms with E-state index in [1.54, 1.807) is 0 Å². The summed E-state index contributed by atoms with van der Waals surface area (Å²) in [5, 5.41) is 4.11. The first kappa shape index (κ1) is 12.7. The number of aromatic nitrogens is 1. The number of fused-ring (bicyclic) bond motifs is 1. The molecule has 0 aliphatic heterocycles. The van der Waals surface area contributed by atoms with Crippen LogP contribution in [0, 0.1) is 0 Å². The van der Waals surface area contributed by atoms with E-state index >= 15 is 0 Å². The molecular formula is C15H20N2O. The number of carbonyl (C=O) groups excluding carboxylic acids is 1.